The van der Waals surface area contributed by atoms with Crippen LogP contribution in [0, 0.1) is 0 Å². The van der Waals surface area contributed by atoms with E-state index in [1.807, 2.05) is 59.0 Å². The highest BCUT2D eigenvalue weighted by molar-refractivity contribution is 7.99. The smallest absolute Gasteiger partial charge is 0.233 e. The predicted molar refractivity (Wildman–Crippen MR) is 114 cm³/mol. The van der Waals surface area contributed by atoms with Crippen LogP contribution in [0.2, 0.25) is 4.34 Å². The number of carbonyl (C=O) groups is 1. The van der Waals surface area contributed by atoms with Gasteiger partial charge >= 0.3 is 0 Å². The molecule has 8 heteroatoms. The molecule has 2 heterocycles. The van der Waals surface area contributed by atoms with Crippen molar-refractivity contribution in [1.82, 2.24) is 19.7 Å². The molecule has 4 rings (SSSR count). The second-order valence-corrected chi connectivity index (χ2v) is 9.42. The van der Waals surface area contributed by atoms with Crippen LogP contribution in [0.3, 0.4) is 0 Å². The van der Waals surface area contributed by atoms with Gasteiger partial charge in [-0.3, -0.25) is 4.79 Å². The van der Waals surface area contributed by atoms with E-state index in [2.05, 4.69) is 5.10 Å². The molecule has 1 aliphatic carbocycles. The van der Waals surface area contributed by atoms with Crippen molar-refractivity contribution in [1.29, 1.82) is 0 Å². The van der Waals surface area contributed by atoms with Crippen molar-refractivity contribution < 1.29 is 4.79 Å². The summed E-state index contributed by atoms with van der Waals surface area (Å²) in [7, 11) is 0. The summed E-state index contributed by atoms with van der Waals surface area (Å²) in [5.41, 5.74) is 1.01. The largest absolute Gasteiger partial charge is 0.337 e. The number of amides is 1. The third-order valence-corrected chi connectivity index (χ3v) is 6.63. The molecule has 0 spiro atoms. The van der Waals surface area contributed by atoms with Crippen molar-refractivity contribution in [3.05, 3.63) is 57.5 Å². The molecule has 1 saturated carbocycles. The van der Waals surface area contributed by atoms with Crippen LogP contribution in [0.4, 0.5) is 0 Å². The standard InChI is InChI=1S/C20H21ClN4OS2/c1-2-24(12-16-10-11-17(21)28-16)18(26)13-27-20-22-19(14-8-9-14)25(23-20)15-6-4-3-5-7-15/h3-7,10-11,14H,2,8-9,12-13H2,1H3. The predicted octanol–water partition coefficient (Wildman–Crippen LogP) is 5.00. The van der Waals surface area contributed by atoms with E-state index >= 15 is 0 Å². The molecule has 0 saturated heterocycles. The van der Waals surface area contributed by atoms with Gasteiger partial charge in [-0.05, 0) is 44.0 Å². The Kier molecular flexibility index (Phi) is 6.04. The van der Waals surface area contributed by atoms with Crippen LogP contribution in [0.25, 0.3) is 5.69 Å². The summed E-state index contributed by atoms with van der Waals surface area (Å²) >= 11 is 8.92. The third kappa shape index (κ3) is 4.59. The number of para-hydroxylation sites is 1. The molecule has 1 aliphatic rings. The minimum atomic E-state index is 0.0843. The molecule has 146 valence electrons. The normalized spacial score (nSPS) is 13.6. The molecule has 0 atom stereocenters. The number of hydrogen-bond acceptors (Lipinski definition) is 5. The summed E-state index contributed by atoms with van der Waals surface area (Å²) in [5, 5.41) is 5.33. The van der Waals surface area contributed by atoms with Gasteiger partial charge in [0.1, 0.15) is 5.82 Å². The van der Waals surface area contributed by atoms with Crippen LogP contribution in [-0.2, 0) is 11.3 Å². The molecule has 5 nitrogen and oxygen atoms in total. The zero-order chi connectivity index (χ0) is 19.5. The Bertz CT molecular complexity index is 952. The molecule has 0 radical (unpaired) electrons. The molecule has 28 heavy (non-hydrogen) atoms. The van der Waals surface area contributed by atoms with Crippen molar-refractivity contribution in [3.63, 3.8) is 0 Å². The lowest BCUT2D eigenvalue weighted by Crippen LogP contribution is -2.31. The Morgan fingerprint density at radius 3 is 2.71 bits per heavy atom. The number of nitrogens with zero attached hydrogens (tertiary/aromatic N) is 4. The lowest BCUT2D eigenvalue weighted by atomic mass is 10.3. The fourth-order valence-corrected chi connectivity index (χ4v) is 4.79. The van der Waals surface area contributed by atoms with E-state index in [1.54, 1.807) is 0 Å². The molecule has 1 aromatic carbocycles. The number of carbonyl (C=O) groups excluding carboxylic acids is 1. The van der Waals surface area contributed by atoms with Crippen LogP contribution in [0.5, 0.6) is 0 Å². The van der Waals surface area contributed by atoms with Gasteiger partial charge in [-0.2, -0.15) is 0 Å². The zero-order valence-corrected chi connectivity index (χ0v) is 17.9. The molecular formula is C20H21ClN4OS2. The van der Waals surface area contributed by atoms with Gasteiger partial charge < -0.3 is 4.90 Å². The molecule has 1 amide bonds. The summed E-state index contributed by atoms with van der Waals surface area (Å²) in [4.78, 5) is 20.3. The number of thioether (sulfide) groups is 1. The van der Waals surface area contributed by atoms with Gasteiger partial charge in [0, 0.05) is 17.3 Å². The van der Waals surface area contributed by atoms with Gasteiger partial charge in [0.15, 0.2) is 0 Å². The van der Waals surface area contributed by atoms with Gasteiger partial charge in [-0.1, -0.05) is 41.6 Å². The summed E-state index contributed by atoms with van der Waals surface area (Å²) in [6.07, 6.45) is 2.31. The van der Waals surface area contributed by atoms with Gasteiger partial charge in [-0.15, -0.1) is 16.4 Å². The topological polar surface area (TPSA) is 51.0 Å². The van der Waals surface area contributed by atoms with Crippen molar-refractivity contribution in [2.24, 2.45) is 0 Å². The minimum Gasteiger partial charge on any atom is -0.337 e. The first-order valence-electron chi connectivity index (χ1n) is 9.31. The van der Waals surface area contributed by atoms with E-state index in [4.69, 9.17) is 16.6 Å². The minimum absolute atomic E-state index is 0.0843. The summed E-state index contributed by atoms with van der Waals surface area (Å²) < 4.78 is 2.67. The van der Waals surface area contributed by atoms with Gasteiger partial charge in [-0.25, -0.2) is 9.67 Å². The summed E-state index contributed by atoms with van der Waals surface area (Å²) in [6, 6.07) is 13.9. The lowest BCUT2D eigenvalue weighted by Gasteiger charge is -2.19. The summed E-state index contributed by atoms with van der Waals surface area (Å²) in [5.74, 6) is 1.90. The average Bonchev–Trinajstić information content (AvgIpc) is 3.34. The number of thiophene rings is 1. The third-order valence-electron chi connectivity index (χ3n) is 4.59. The van der Waals surface area contributed by atoms with Crippen molar-refractivity contribution in [2.75, 3.05) is 12.3 Å². The molecule has 2 aromatic heterocycles. The molecule has 0 bridgehead atoms. The fourth-order valence-electron chi connectivity index (χ4n) is 2.95. The van der Waals surface area contributed by atoms with E-state index in [-0.39, 0.29) is 5.91 Å². The first-order chi connectivity index (χ1) is 13.6. The fraction of sp³-hybridized carbons (Fsp3) is 0.350. The van der Waals surface area contributed by atoms with Gasteiger partial charge in [0.2, 0.25) is 11.1 Å². The summed E-state index contributed by atoms with van der Waals surface area (Å²) in [6.45, 7) is 3.24. The molecule has 0 aliphatic heterocycles. The zero-order valence-electron chi connectivity index (χ0n) is 15.5. The Balaban J connectivity index is 1.43. The van der Waals surface area contributed by atoms with Crippen LogP contribution >= 0.6 is 34.7 Å². The number of aromatic nitrogens is 3. The van der Waals surface area contributed by atoms with Crippen molar-refractivity contribution in [3.8, 4) is 5.69 Å². The Morgan fingerprint density at radius 1 is 1.29 bits per heavy atom. The van der Waals surface area contributed by atoms with E-state index in [9.17, 15) is 4.79 Å². The van der Waals surface area contributed by atoms with E-state index in [0.717, 1.165) is 33.6 Å². The molecule has 1 fully saturated rings. The van der Waals surface area contributed by atoms with Crippen molar-refractivity contribution in [2.45, 2.75) is 37.4 Å². The van der Waals surface area contributed by atoms with Crippen LogP contribution < -0.4 is 0 Å². The average molecular weight is 433 g/mol. The maximum atomic E-state index is 12.7. The van der Waals surface area contributed by atoms with E-state index in [1.165, 1.54) is 23.1 Å². The number of benzene rings is 1. The highest BCUT2D eigenvalue weighted by Crippen LogP contribution is 2.40. The lowest BCUT2D eigenvalue weighted by molar-refractivity contribution is -0.128. The van der Waals surface area contributed by atoms with Crippen LogP contribution in [0.15, 0.2) is 47.6 Å². The van der Waals surface area contributed by atoms with Gasteiger partial charge in [0.25, 0.3) is 0 Å². The number of rotatable bonds is 8. The Morgan fingerprint density at radius 2 is 2.07 bits per heavy atom. The molecular weight excluding hydrogens is 412 g/mol. The Labute approximate surface area is 177 Å². The highest BCUT2D eigenvalue weighted by Gasteiger charge is 2.30. The van der Waals surface area contributed by atoms with Crippen molar-refractivity contribution >= 4 is 40.6 Å². The maximum absolute atomic E-state index is 12.7. The van der Waals surface area contributed by atoms with Crippen LogP contribution in [-0.4, -0.2) is 37.9 Å². The second kappa shape index (κ2) is 8.68. The monoisotopic (exact) mass is 432 g/mol. The second-order valence-electron chi connectivity index (χ2n) is 6.68. The van der Waals surface area contributed by atoms with Crippen LogP contribution in [0.1, 0.15) is 36.4 Å². The van der Waals surface area contributed by atoms with Gasteiger partial charge in [0.05, 0.1) is 22.3 Å². The first kappa shape index (κ1) is 19.5. The van der Waals surface area contributed by atoms with E-state index < -0.39 is 0 Å². The highest BCUT2D eigenvalue weighted by atomic mass is 35.5. The van der Waals surface area contributed by atoms with E-state index in [0.29, 0.717) is 29.9 Å². The number of halogens is 1. The Hall–Kier alpha value is -1.83. The number of hydrogen-bond donors (Lipinski definition) is 0. The molecule has 0 unspecified atom stereocenters. The maximum Gasteiger partial charge on any atom is 0.233 e. The SMILES string of the molecule is CCN(Cc1ccc(Cl)s1)C(=O)CSc1nc(C2CC2)n(-c2ccccc2)n1. The first-order valence-corrected chi connectivity index (χ1v) is 11.5. The molecule has 3 aromatic rings. The molecule has 0 N–H and O–H groups in total. The quantitative estimate of drug-likeness (QED) is 0.470.